The number of halogens is 1. The molecule has 1 aliphatic rings. The van der Waals surface area contributed by atoms with E-state index in [4.69, 9.17) is 16.3 Å². The van der Waals surface area contributed by atoms with E-state index in [0.29, 0.717) is 6.61 Å². The molecule has 3 nitrogen and oxygen atoms in total. The lowest BCUT2D eigenvalue weighted by atomic mass is 10.00. The molecule has 0 radical (unpaired) electrons. The minimum absolute atomic E-state index is 0.188. The molecule has 128 valence electrons. The first-order valence-electron chi connectivity index (χ1n) is 8.46. The first kappa shape index (κ1) is 18.5. The van der Waals surface area contributed by atoms with Gasteiger partial charge in [-0.3, -0.25) is 4.79 Å². The lowest BCUT2D eigenvalue weighted by Crippen LogP contribution is -2.29. The highest BCUT2D eigenvalue weighted by Crippen LogP contribution is 2.41. The van der Waals surface area contributed by atoms with E-state index in [-0.39, 0.29) is 11.9 Å². The summed E-state index contributed by atoms with van der Waals surface area (Å²) in [6.07, 6.45) is 3.73. The van der Waals surface area contributed by atoms with E-state index in [9.17, 15) is 4.79 Å². The second-order valence-electron chi connectivity index (χ2n) is 5.77. The molecule has 1 saturated heterocycles. The maximum absolute atomic E-state index is 12.1. The van der Waals surface area contributed by atoms with E-state index in [1.165, 1.54) is 19.3 Å². The van der Waals surface area contributed by atoms with Gasteiger partial charge in [-0.25, -0.2) is 0 Å². The molecule has 1 aliphatic heterocycles. The van der Waals surface area contributed by atoms with E-state index in [2.05, 4.69) is 24.0 Å². The van der Waals surface area contributed by atoms with Crippen molar-refractivity contribution < 1.29 is 9.53 Å². The fourth-order valence-electron chi connectivity index (χ4n) is 2.97. The third-order valence-corrected chi connectivity index (χ3v) is 5.71. The van der Waals surface area contributed by atoms with Crippen LogP contribution in [0.3, 0.4) is 0 Å². The highest BCUT2D eigenvalue weighted by atomic mass is 35.5. The Morgan fingerprint density at radius 2 is 2.00 bits per heavy atom. The predicted molar refractivity (Wildman–Crippen MR) is 99.0 cm³/mol. The Kier molecular flexibility index (Phi) is 7.09. The molecular formula is C18H26ClNO2S. The van der Waals surface area contributed by atoms with Crippen LogP contribution in [0.5, 0.6) is 0 Å². The van der Waals surface area contributed by atoms with Crippen LogP contribution in [0.2, 0.25) is 5.02 Å². The van der Waals surface area contributed by atoms with Crippen LogP contribution < -0.4 is 4.90 Å². The first-order chi connectivity index (χ1) is 11.1. The number of carbonyl (C=O) groups excluding carboxylic acids is 1. The fraction of sp³-hybridized carbons (Fsp3) is 0.611. The second-order valence-corrected chi connectivity index (χ2v) is 7.42. The average Bonchev–Trinajstić information content (AvgIpc) is 2.57. The Balaban J connectivity index is 2.36. The third-order valence-electron chi connectivity index (χ3n) is 4.20. The van der Waals surface area contributed by atoms with Gasteiger partial charge < -0.3 is 9.64 Å². The van der Waals surface area contributed by atoms with Crippen LogP contribution in [-0.2, 0) is 9.53 Å². The summed E-state index contributed by atoms with van der Waals surface area (Å²) < 4.78 is 5.18. The van der Waals surface area contributed by atoms with Crippen LogP contribution in [0.15, 0.2) is 17.0 Å². The Hall–Kier alpha value is -0.870. The Morgan fingerprint density at radius 3 is 2.61 bits per heavy atom. The van der Waals surface area contributed by atoms with E-state index in [0.717, 1.165) is 40.0 Å². The van der Waals surface area contributed by atoms with E-state index in [1.54, 1.807) is 11.8 Å². The molecule has 0 spiro atoms. The largest absolute Gasteiger partial charge is 0.466 e. The SMILES string of the molecule is CCOC(=O)C(C)c1ccc(N2CCCCC2)c(Cl)c1SCC. The standard InChI is InChI=1S/C18H26ClNO2S/c1-4-22-18(21)13(3)14-9-10-15(16(19)17(14)23-5-2)20-11-7-6-8-12-20/h9-10,13H,4-8,11-12H2,1-3H3. The first-order valence-corrected chi connectivity index (χ1v) is 9.83. The highest BCUT2D eigenvalue weighted by molar-refractivity contribution is 7.99. The molecule has 0 N–H and O–H groups in total. The van der Waals surface area contributed by atoms with Crippen LogP contribution in [-0.4, -0.2) is 31.4 Å². The molecule has 2 rings (SSSR count). The van der Waals surface area contributed by atoms with Crippen molar-refractivity contribution in [1.29, 1.82) is 0 Å². The van der Waals surface area contributed by atoms with E-state index < -0.39 is 0 Å². The van der Waals surface area contributed by atoms with Crippen LogP contribution in [0.1, 0.15) is 51.5 Å². The number of hydrogen-bond acceptors (Lipinski definition) is 4. The normalized spacial score (nSPS) is 16.3. The Labute approximate surface area is 148 Å². The maximum Gasteiger partial charge on any atom is 0.313 e. The topological polar surface area (TPSA) is 29.5 Å². The molecule has 1 unspecified atom stereocenters. The van der Waals surface area contributed by atoms with Crippen molar-refractivity contribution in [2.24, 2.45) is 0 Å². The monoisotopic (exact) mass is 355 g/mol. The summed E-state index contributed by atoms with van der Waals surface area (Å²) in [4.78, 5) is 15.5. The quantitative estimate of drug-likeness (QED) is 0.524. The molecule has 0 aliphatic carbocycles. The number of nitrogens with zero attached hydrogens (tertiary/aromatic N) is 1. The van der Waals surface area contributed by atoms with Gasteiger partial charge in [0.05, 0.1) is 23.2 Å². The number of ether oxygens (including phenoxy) is 1. The fourth-order valence-corrected chi connectivity index (χ4v) is 4.35. The molecule has 1 heterocycles. The summed E-state index contributed by atoms with van der Waals surface area (Å²) in [5.41, 5.74) is 2.07. The maximum atomic E-state index is 12.1. The number of hydrogen-bond donors (Lipinski definition) is 0. The van der Waals surface area contributed by atoms with Gasteiger partial charge in [0.1, 0.15) is 0 Å². The molecule has 1 aromatic carbocycles. The lowest BCUT2D eigenvalue weighted by molar-refractivity contribution is -0.144. The van der Waals surface area contributed by atoms with Crippen molar-refractivity contribution >= 4 is 35.0 Å². The molecule has 0 aromatic heterocycles. The number of anilines is 1. The van der Waals surface area contributed by atoms with Gasteiger partial charge in [0.25, 0.3) is 0 Å². The zero-order valence-electron chi connectivity index (χ0n) is 14.2. The van der Waals surface area contributed by atoms with Gasteiger partial charge >= 0.3 is 5.97 Å². The van der Waals surface area contributed by atoms with Crippen molar-refractivity contribution in [2.75, 3.05) is 30.3 Å². The van der Waals surface area contributed by atoms with Gasteiger partial charge in [-0.2, -0.15) is 0 Å². The van der Waals surface area contributed by atoms with Crippen molar-refractivity contribution in [3.63, 3.8) is 0 Å². The van der Waals surface area contributed by atoms with Gasteiger partial charge in [0.15, 0.2) is 0 Å². The molecule has 0 bridgehead atoms. The number of carbonyl (C=O) groups is 1. The molecule has 0 saturated carbocycles. The zero-order chi connectivity index (χ0) is 16.8. The zero-order valence-corrected chi connectivity index (χ0v) is 15.8. The molecule has 1 fully saturated rings. The molecular weight excluding hydrogens is 330 g/mol. The van der Waals surface area contributed by atoms with Gasteiger partial charge in [-0.05, 0) is 50.5 Å². The average molecular weight is 356 g/mol. The predicted octanol–water partition coefficient (Wildman–Crippen LogP) is 5.11. The van der Waals surface area contributed by atoms with Crippen molar-refractivity contribution in [1.82, 2.24) is 0 Å². The van der Waals surface area contributed by atoms with Crippen LogP contribution in [0, 0.1) is 0 Å². The number of esters is 1. The molecule has 5 heteroatoms. The van der Waals surface area contributed by atoms with Gasteiger partial charge in [-0.1, -0.05) is 24.6 Å². The van der Waals surface area contributed by atoms with Crippen LogP contribution in [0.4, 0.5) is 5.69 Å². The second kappa shape index (κ2) is 8.84. The molecule has 0 amide bonds. The summed E-state index contributed by atoms with van der Waals surface area (Å²) in [7, 11) is 0. The molecule has 1 atom stereocenters. The summed E-state index contributed by atoms with van der Waals surface area (Å²) in [6.45, 7) is 8.35. The summed E-state index contributed by atoms with van der Waals surface area (Å²) in [5, 5.41) is 0.785. The number of piperidine rings is 1. The minimum Gasteiger partial charge on any atom is -0.466 e. The van der Waals surface area contributed by atoms with Crippen molar-refractivity contribution in [3.05, 3.63) is 22.7 Å². The Bertz CT molecular complexity index is 544. The molecule has 23 heavy (non-hydrogen) atoms. The van der Waals surface area contributed by atoms with Gasteiger partial charge in [-0.15, -0.1) is 11.8 Å². The van der Waals surface area contributed by atoms with Gasteiger partial charge in [0, 0.05) is 18.0 Å². The van der Waals surface area contributed by atoms with Crippen molar-refractivity contribution in [3.8, 4) is 0 Å². The number of thioether (sulfide) groups is 1. The third kappa shape index (κ3) is 4.36. The number of rotatable bonds is 6. The van der Waals surface area contributed by atoms with Crippen molar-refractivity contribution in [2.45, 2.75) is 50.8 Å². The summed E-state index contributed by atoms with van der Waals surface area (Å²) in [5.74, 6) is 0.440. The van der Waals surface area contributed by atoms with E-state index in [1.807, 2.05) is 13.8 Å². The molecule has 1 aromatic rings. The minimum atomic E-state index is -0.295. The smallest absolute Gasteiger partial charge is 0.313 e. The summed E-state index contributed by atoms with van der Waals surface area (Å²) in [6, 6.07) is 4.12. The summed E-state index contributed by atoms with van der Waals surface area (Å²) >= 11 is 8.44. The van der Waals surface area contributed by atoms with Crippen LogP contribution in [0.25, 0.3) is 0 Å². The highest BCUT2D eigenvalue weighted by Gasteiger charge is 2.24. The van der Waals surface area contributed by atoms with E-state index >= 15 is 0 Å². The number of benzene rings is 1. The van der Waals surface area contributed by atoms with Crippen LogP contribution >= 0.6 is 23.4 Å². The lowest BCUT2D eigenvalue weighted by Gasteiger charge is -2.31. The Morgan fingerprint density at radius 1 is 1.30 bits per heavy atom. The van der Waals surface area contributed by atoms with Gasteiger partial charge in [0.2, 0.25) is 0 Å².